The Morgan fingerprint density at radius 1 is 1.12 bits per heavy atom. The van der Waals surface area contributed by atoms with Crippen LogP contribution in [-0.2, 0) is 6.54 Å². The van der Waals surface area contributed by atoms with Gasteiger partial charge < -0.3 is 10.1 Å². The predicted molar refractivity (Wildman–Crippen MR) is 126 cm³/mol. The van der Waals surface area contributed by atoms with E-state index in [9.17, 15) is 9.59 Å². The average molecular weight is 449 g/mol. The minimum Gasteiger partial charge on any atom is -0.495 e. The Morgan fingerprint density at radius 2 is 2.00 bits per heavy atom. The minimum absolute atomic E-state index is 0.114. The highest BCUT2D eigenvalue weighted by Gasteiger charge is 2.15. The first-order valence-electron chi connectivity index (χ1n) is 10.4. The molecule has 0 aliphatic heterocycles. The maximum Gasteiger partial charge on any atom is 0.312 e. The fraction of sp³-hybridized carbons (Fsp3) is 0.208. The maximum absolute atomic E-state index is 12.7. The highest BCUT2D eigenvalue weighted by molar-refractivity contribution is 7.07. The molecule has 7 nitrogen and oxygen atoms in total. The molecule has 2 aromatic carbocycles. The molecule has 8 heteroatoms. The molecule has 0 aliphatic rings. The van der Waals surface area contributed by atoms with Gasteiger partial charge in [-0.15, -0.1) is 0 Å². The second kappa shape index (κ2) is 10.1. The first-order valence-corrected chi connectivity index (χ1v) is 11.3. The van der Waals surface area contributed by atoms with E-state index in [4.69, 9.17) is 4.74 Å². The summed E-state index contributed by atoms with van der Waals surface area (Å²) in [5.74, 6) is 0.477. The van der Waals surface area contributed by atoms with Crippen molar-refractivity contribution in [1.29, 1.82) is 0 Å². The Labute approximate surface area is 189 Å². The molecule has 0 unspecified atom stereocenters. The second-order valence-corrected chi connectivity index (χ2v) is 8.03. The van der Waals surface area contributed by atoms with E-state index in [1.54, 1.807) is 29.3 Å². The van der Waals surface area contributed by atoms with Gasteiger partial charge in [0.25, 0.3) is 5.91 Å². The number of rotatable bonds is 9. The number of nitrogens with zero attached hydrogens (tertiary/aromatic N) is 3. The fourth-order valence-electron chi connectivity index (χ4n) is 3.51. The molecule has 0 atom stereocenters. The quantitative estimate of drug-likeness (QED) is 0.393. The van der Waals surface area contributed by atoms with Crippen LogP contribution in [0, 0.1) is 0 Å². The van der Waals surface area contributed by atoms with Crippen LogP contribution in [0.4, 0.5) is 0 Å². The molecule has 0 aliphatic carbocycles. The first kappa shape index (κ1) is 21.6. The van der Waals surface area contributed by atoms with Gasteiger partial charge in [0.15, 0.2) is 0 Å². The van der Waals surface area contributed by atoms with Gasteiger partial charge >= 0.3 is 4.87 Å². The molecule has 0 saturated heterocycles. The van der Waals surface area contributed by atoms with E-state index < -0.39 is 0 Å². The molecule has 0 bridgehead atoms. The molecular weight excluding hydrogens is 424 g/mol. The maximum atomic E-state index is 12.7. The van der Waals surface area contributed by atoms with Crippen LogP contribution in [0.25, 0.3) is 16.9 Å². The number of amides is 1. The van der Waals surface area contributed by atoms with Crippen molar-refractivity contribution in [3.63, 3.8) is 0 Å². The Bertz CT molecular complexity index is 1240. The van der Waals surface area contributed by atoms with Crippen LogP contribution in [0.15, 0.2) is 77.2 Å². The Balaban J connectivity index is 1.48. The van der Waals surface area contributed by atoms with Crippen molar-refractivity contribution < 1.29 is 9.53 Å². The number of benzene rings is 2. The summed E-state index contributed by atoms with van der Waals surface area (Å²) in [6.07, 6.45) is 5.49. The van der Waals surface area contributed by atoms with Crippen molar-refractivity contribution in [2.24, 2.45) is 0 Å². The van der Waals surface area contributed by atoms with Gasteiger partial charge in [0.2, 0.25) is 0 Å². The lowest BCUT2D eigenvalue weighted by Gasteiger charge is -2.12. The SMILES string of the molecule is COc1ccccc1-n1c(-c2cccc(C(=O)NCCCCn3cccn3)c2)csc1=O. The topological polar surface area (TPSA) is 78.2 Å². The van der Waals surface area contributed by atoms with Crippen molar-refractivity contribution >= 4 is 17.2 Å². The summed E-state index contributed by atoms with van der Waals surface area (Å²) < 4.78 is 8.94. The van der Waals surface area contributed by atoms with Gasteiger partial charge in [0.05, 0.1) is 18.5 Å². The smallest absolute Gasteiger partial charge is 0.312 e. The number of ether oxygens (including phenoxy) is 1. The molecule has 2 aromatic heterocycles. The number of unbranched alkanes of at least 4 members (excludes halogenated alkanes) is 1. The van der Waals surface area contributed by atoms with Crippen molar-refractivity contribution in [3.05, 3.63) is 87.6 Å². The Kier molecular flexibility index (Phi) is 6.81. The molecule has 2 heterocycles. The number of carbonyl (C=O) groups excluding carboxylic acids is 1. The van der Waals surface area contributed by atoms with Crippen LogP contribution < -0.4 is 14.9 Å². The standard InChI is InChI=1S/C24H24N4O3S/c1-31-22-11-3-2-10-20(22)28-21(17-32-24(28)30)18-8-6-9-19(16-18)23(29)25-12-4-5-14-27-15-7-13-26-27/h2-3,6-11,13,15-17H,4-5,12,14H2,1H3,(H,25,29). The third-order valence-electron chi connectivity index (χ3n) is 5.10. The number of para-hydroxylation sites is 2. The van der Waals surface area contributed by atoms with E-state index in [1.807, 2.05) is 59.4 Å². The van der Waals surface area contributed by atoms with E-state index in [0.717, 1.165) is 42.0 Å². The summed E-state index contributed by atoms with van der Waals surface area (Å²) in [5.41, 5.74) is 2.74. The number of nitrogens with one attached hydrogen (secondary N) is 1. The third-order valence-corrected chi connectivity index (χ3v) is 5.83. The summed E-state index contributed by atoms with van der Waals surface area (Å²) in [6, 6.07) is 16.6. The van der Waals surface area contributed by atoms with Crippen LogP contribution in [0.3, 0.4) is 0 Å². The minimum atomic E-state index is -0.132. The summed E-state index contributed by atoms with van der Waals surface area (Å²) in [7, 11) is 1.58. The van der Waals surface area contributed by atoms with Gasteiger partial charge in [-0.1, -0.05) is 35.6 Å². The molecular formula is C24H24N4O3S. The van der Waals surface area contributed by atoms with Gasteiger partial charge in [0.1, 0.15) is 5.75 Å². The number of aryl methyl sites for hydroxylation is 1. The largest absolute Gasteiger partial charge is 0.495 e. The lowest BCUT2D eigenvalue weighted by Crippen LogP contribution is -2.24. The molecule has 164 valence electrons. The van der Waals surface area contributed by atoms with Gasteiger partial charge in [-0.25, -0.2) is 0 Å². The lowest BCUT2D eigenvalue weighted by atomic mass is 10.1. The summed E-state index contributed by atoms with van der Waals surface area (Å²) in [5, 5.41) is 8.95. The molecule has 4 aromatic rings. The predicted octanol–water partition coefficient (Wildman–Crippen LogP) is 3.98. The molecule has 1 N–H and O–H groups in total. The number of methoxy groups -OCH3 is 1. The number of carbonyl (C=O) groups is 1. The number of aromatic nitrogens is 3. The zero-order valence-electron chi connectivity index (χ0n) is 17.7. The monoisotopic (exact) mass is 448 g/mol. The summed E-state index contributed by atoms with van der Waals surface area (Å²) in [4.78, 5) is 25.2. The Morgan fingerprint density at radius 3 is 2.81 bits per heavy atom. The molecule has 4 rings (SSSR count). The molecule has 0 saturated carbocycles. The van der Waals surface area contributed by atoms with Crippen molar-refractivity contribution in [1.82, 2.24) is 19.7 Å². The van der Waals surface area contributed by atoms with Crippen molar-refractivity contribution in [2.45, 2.75) is 19.4 Å². The number of hydrogen-bond donors (Lipinski definition) is 1. The van der Waals surface area contributed by atoms with Crippen molar-refractivity contribution in [2.75, 3.05) is 13.7 Å². The van der Waals surface area contributed by atoms with Crippen LogP contribution >= 0.6 is 11.3 Å². The Hall–Kier alpha value is -3.65. The fourth-order valence-corrected chi connectivity index (χ4v) is 4.26. The number of thiazole rings is 1. The molecule has 0 fully saturated rings. The van der Waals surface area contributed by atoms with E-state index >= 15 is 0 Å². The molecule has 0 spiro atoms. The highest BCUT2D eigenvalue weighted by atomic mass is 32.1. The van der Waals surface area contributed by atoms with E-state index in [2.05, 4.69) is 10.4 Å². The van der Waals surface area contributed by atoms with Gasteiger partial charge in [0, 0.05) is 42.0 Å². The van der Waals surface area contributed by atoms with E-state index in [0.29, 0.717) is 23.5 Å². The second-order valence-electron chi connectivity index (χ2n) is 7.21. The van der Waals surface area contributed by atoms with Crippen LogP contribution in [0.1, 0.15) is 23.2 Å². The van der Waals surface area contributed by atoms with Gasteiger partial charge in [-0.3, -0.25) is 18.8 Å². The van der Waals surface area contributed by atoms with Crippen LogP contribution in [0.5, 0.6) is 5.75 Å². The normalized spacial score (nSPS) is 10.8. The summed E-state index contributed by atoms with van der Waals surface area (Å²) >= 11 is 1.12. The lowest BCUT2D eigenvalue weighted by molar-refractivity contribution is 0.0953. The van der Waals surface area contributed by atoms with Crippen molar-refractivity contribution in [3.8, 4) is 22.7 Å². The molecule has 32 heavy (non-hydrogen) atoms. The van der Waals surface area contributed by atoms with E-state index in [-0.39, 0.29) is 10.8 Å². The first-order chi connectivity index (χ1) is 15.7. The van der Waals surface area contributed by atoms with Crippen LogP contribution in [-0.4, -0.2) is 33.9 Å². The summed E-state index contributed by atoms with van der Waals surface area (Å²) in [6.45, 7) is 1.42. The van der Waals surface area contributed by atoms with Crippen LogP contribution in [0.2, 0.25) is 0 Å². The zero-order valence-corrected chi connectivity index (χ0v) is 18.5. The molecule has 0 radical (unpaired) electrons. The van der Waals surface area contributed by atoms with Gasteiger partial charge in [-0.05, 0) is 43.2 Å². The zero-order chi connectivity index (χ0) is 22.3. The average Bonchev–Trinajstić information content (AvgIpc) is 3.48. The van der Waals surface area contributed by atoms with Gasteiger partial charge in [-0.2, -0.15) is 5.10 Å². The number of hydrogen-bond acceptors (Lipinski definition) is 5. The molecule has 1 amide bonds. The third kappa shape index (κ3) is 4.81. The highest BCUT2D eigenvalue weighted by Crippen LogP contribution is 2.28. The van der Waals surface area contributed by atoms with E-state index in [1.165, 1.54) is 0 Å².